The molecule has 3 heteroatoms. The highest BCUT2D eigenvalue weighted by molar-refractivity contribution is 5.59. The number of aromatic nitrogens is 1. The van der Waals surface area contributed by atoms with Crippen LogP contribution in [0.1, 0.15) is 49.1 Å². The van der Waals surface area contributed by atoms with Crippen molar-refractivity contribution in [1.29, 1.82) is 5.26 Å². The summed E-state index contributed by atoms with van der Waals surface area (Å²) in [6, 6.07) is 4.22. The van der Waals surface area contributed by atoms with Crippen molar-refractivity contribution in [1.82, 2.24) is 4.98 Å². The summed E-state index contributed by atoms with van der Waals surface area (Å²) in [5, 5.41) is 12.6. The van der Waals surface area contributed by atoms with Gasteiger partial charge >= 0.3 is 0 Å². The van der Waals surface area contributed by atoms with Gasteiger partial charge in [-0.25, -0.2) is 0 Å². The molecule has 1 aliphatic rings. The first-order chi connectivity index (χ1) is 8.70. The van der Waals surface area contributed by atoms with Gasteiger partial charge < -0.3 is 5.32 Å². The van der Waals surface area contributed by atoms with Gasteiger partial charge in [0.2, 0.25) is 0 Å². The largest absolute Gasteiger partial charge is 0.384 e. The molecule has 1 heterocycles. The Morgan fingerprint density at radius 1 is 1.39 bits per heavy atom. The third kappa shape index (κ3) is 3.01. The molecule has 96 valence electrons. The minimum absolute atomic E-state index is 0.687. The number of aryl methyl sites for hydroxylation is 2. The van der Waals surface area contributed by atoms with Gasteiger partial charge in [-0.1, -0.05) is 25.7 Å². The van der Waals surface area contributed by atoms with E-state index in [0.717, 1.165) is 29.5 Å². The first-order valence-electron chi connectivity index (χ1n) is 6.83. The van der Waals surface area contributed by atoms with Crippen LogP contribution in [0.2, 0.25) is 0 Å². The molecule has 1 aliphatic carbocycles. The number of rotatable bonds is 4. The van der Waals surface area contributed by atoms with E-state index in [2.05, 4.69) is 16.4 Å². The van der Waals surface area contributed by atoms with E-state index in [1.54, 1.807) is 0 Å². The summed E-state index contributed by atoms with van der Waals surface area (Å²) >= 11 is 0. The highest BCUT2D eigenvalue weighted by Crippen LogP contribution is 2.27. The van der Waals surface area contributed by atoms with Gasteiger partial charge in [-0.3, -0.25) is 4.98 Å². The Hall–Kier alpha value is -1.56. The van der Waals surface area contributed by atoms with Gasteiger partial charge in [0.1, 0.15) is 6.07 Å². The lowest BCUT2D eigenvalue weighted by Gasteiger charge is -2.13. The molecule has 1 N–H and O–H groups in total. The van der Waals surface area contributed by atoms with Crippen molar-refractivity contribution in [3.8, 4) is 6.07 Å². The summed E-state index contributed by atoms with van der Waals surface area (Å²) in [5.41, 5.74) is 3.42. The van der Waals surface area contributed by atoms with Gasteiger partial charge in [-0.15, -0.1) is 0 Å². The lowest BCUT2D eigenvalue weighted by atomic mass is 10.0. The van der Waals surface area contributed by atoms with Gasteiger partial charge in [0, 0.05) is 12.2 Å². The number of hydrogen-bond donors (Lipinski definition) is 1. The fraction of sp³-hybridized carbons (Fsp3) is 0.600. The highest BCUT2D eigenvalue weighted by atomic mass is 14.9. The Balaban J connectivity index is 1.97. The average Bonchev–Trinajstić information content (AvgIpc) is 2.81. The first-order valence-corrected chi connectivity index (χ1v) is 6.83. The van der Waals surface area contributed by atoms with E-state index in [9.17, 15) is 5.26 Å². The molecule has 0 bridgehead atoms. The third-order valence-corrected chi connectivity index (χ3v) is 3.78. The Bertz CT molecular complexity index is 454. The molecule has 0 aromatic carbocycles. The van der Waals surface area contributed by atoms with Gasteiger partial charge in [0.25, 0.3) is 0 Å². The minimum atomic E-state index is 0.687. The Morgan fingerprint density at radius 3 is 2.78 bits per heavy atom. The molecule has 0 aliphatic heterocycles. The van der Waals surface area contributed by atoms with Crippen molar-refractivity contribution in [3.05, 3.63) is 23.0 Å². The van der Waals surface area contributed by atoms with Gasteiger partial charge in [-0.05, 0) is 32.3 Å². The number of pyridine rings is 1. The van der Waals surface area contributed by atoms with E-state index in [1.807, 2.05) is 19.9 Å². The molecular formula is C15H21N3. The van der Waals surface area contributed by atoms with Crippen LogP contribution < -0.4 is 5.32 Å². The van der Waals surface area contributed by atoms with E-state index >= 15 is 0 Å². The summed E-state index contributed by atoms with van der Waals surface area (Å²) in [6.45, 7) is 4.83. The summed E-state index contributed by atoms with van der Waals surface area (Å²) < 4.78 is 0. The van der Waals surface area contributed by atoms with Crippen molar-refractivity contribution in [2.45, 2.75) is 46.0 Å². The molecule has 2 rings (SSSR count). The molecule has 18 heavy (non-hydrogen) atoms. The fourth-order valence-corrected chi connectivity index (χ4v) is 2.82. The maximum atomic E-state index is 9.17. The Kier molecular flexibility index (Phi) is 4.19. The van der Waals surface area contributed by atoms with Crippen LogP contribution in [0.4, 0.5) is 5.69 Å². The van der Waals surface area contributed by atoms with E-state index in [-0.39, 0.29) is 0 Å². The molecule has 0 amide bonds. The Labute approximate surface area is 109 Å². The van der Waals surface area contributed by atoms with Gasteiger partial charge in [-0.2, -0.15) is 5.26 Å². The predicted molar refractivity (Wildman–Crippen MR) is 73.5 cm³/mol. The summed E-state index contributed by atoms with van der Waals surface area (Å²) in [6.07, 6.45) is 6.75. The molecule has 1 aromatic heterocycles. The number of anilines is 1. The van der Waals surface area contributed by atoms with E-state index in [0.29, 0.717) is 5.56 Å². The molecule has 0 unspecified atom stereocenters. The van der Waals surface area contributed by atoms with Crippen LogP contribution in [0.5, 0.6) is 0 Å². The lowest BCUT2D eigenvalue weighted by Crippen LogP contribution is -2.09. The normalized spacial score (nSPS) is 15.6. The standard InChI is InChI=1S/C15H21N3/c1-11-9-15(14(10-16)12(2)18-11)17-8-7-13-5-3-4-6-13/h9,13H,3-8H2,1-2H3,(H,17,18). The zero-order valence-electron chi connectivity index (χ0n) is 11.3. The van der Waals surface area contributed by atoms with Gasteiger partial charge in [0.05, 0.1) is 16.9 Å². The molecule has 0 radical (unpaired) electrons. The van der Waals surface area contributed by atoms with E-state index < -0.39 is 0 Å². The highest BCUT2D eigenvalue weighted by Gasteiger charge is 2.14. The minimum Gasteiger partial charge on any atom is -0.384 e. The SMILES string of the molecule is Cc1cc(NCCC2CCCC2)c(C#N)c(C)n1. The zero-order valence-corrected chi connectivity index (χ0v) is 11.3. The van der Waals surface area contributed by atoms with Crippen LogP contribution in [-0.2, 0) is 0 Å². The molecule has 0 atom stereocenters. The number of nitriles is 1. The maximum absolute atomic E-state index is 9.17. The monoisotopic (exact) mass is 243 g/mol. The molecule has 0 spiro atoms. The lowest BCUT2D eigenvalue weighted by molar-refractivity contribution is 0.518. The number of hydrogen-bond acceptors (Lipinski definition) is 3. The van der Waals surface area contributed by atoms with Crippen LogP contribution in [0.15, 0.2) is 6.07 Å². The second kappa shape index (κ2) is 5.86. The van der Waals surface area contributed by atoms with Gasteiger partial charge in [0.15, 0.2) is 0 Å². The second-order valence-corrected chi connectivity index (χ2v) is 5.25. The van der Waals surface area contributed by atoms with Crippen LogP contribution in [-0.4, -0.2) is 11.5 Å². The summed E-state index contributed by atoms with van der Waals surface area (Å²) in [5.74, 6) is 0.882. The quantitative estimate of drug-likeness (QED) is 0.879. The van der Waals surface area contributed by atoms with Crippen LogP contribution in [0.3, 0.4) is 0 Å². The second-order valence-electron chi connectivity index (χ2n) is 5.25. The smallest absolute Gasteiger partial charge is 0.103 e. The topological polar surface area (TPSA) is 48.7 Å². The first kappa shape index (κ1) is 12.9. The van der Waals surface area contributed by atoms with Crippen LogP contribution in [0.25, 0.3) is 0 Å². The molecule has 0 saturated heterocycles. The fourth-order valence-electron chi connectivity index (χ4n) is 2.82. The Morgan fingerprint density at radius 2 is 2.11 bits per heavy atom. The summed E-state index contributed by atoms with van der Waals surface area (Å²) in [4.78, 5) is 4.33. The summed E-state index contributed by atoms with van der Waals surface area (Å²) in [7, 11) is 0. The van der Waals surface area contributed by atoms with Crippen molar-refractivity contribution >= 4 is 5.69 Å². The van der Waals surface area contributed by atoms with Crippen LogP contribution in [0, 0.1) is 31.1 Å². The van der Waals surface area contributed by atoms with E-state index in [4.69, 9.17) is 0 Å². The zero-order chi connectivity index (χ0) is 13.0. The predicted octanol–water partition coefficient (Wildman–Crippen LogP) is 3.56. The van der Waals surface area contributed by atoms with Crippen LogP contribution >= 0.6 is 0 Å². The molecule has 1 aromatic rings. The molecule has 3 nitrogen and oxygen atoms in total. The third-order valence-electron chi connectivity index (χ3n) is 3.78. The van der Waals surface area contributed by atoms with Crippen molar-refractivity contribution in [3.63, 3.8) is 0 Å². The van der Waals surface area contributed by atoms with Crippen molar-refractivity contribution < 1.29 is 0 Å². The molecule has 1 saturated carbocycles. The van der Waals surface area contributed by atoms with Crippen molar-refractivity contribution in [2.75, 3.05) is 11.9 Å². The average molecular weight is 243 g/mol. The maximum Gasteiger partial charge on any atom is 0.103 e. The van der Waals surface area contributed by atoms with Crippen molar-refractivity contribution in [2.24, 2.45) is 5.92 Å². The van der Waals surface area contributed by atoms with E-state index in [1.165, 1.54) is 32.1 Å². The molecule has 1 fully saturated rings. The number of nitrogens with zero attached hydrogens (tertiary/aromatic N) is 2. The molecular weight excluding hydrogens is 222 g/mol. The number of nitrogens with one attached hydrogen (secondary N) is 1.